The molecule has 1 aromatic heterocycles. The Kier molecular flexibility index (Phi) is 5.22. The highest BCUT2D eigenvalue weighted by atomic mass is 32.1. The minimum Gasteiger partial charge on any atom is -0.347 e. The Morgan fingerprint density at radius 1 is 0.905 bits per heavy atom. The molecule has 1 aliphatic rings. The molecule has 4 heteroatoms. The fourth-order valence-electron chi connectivity index (χ4n) is 2.81. The molecule has 0 radical (unpaired) electrons. The molecule has 0 aliphatic carbocycles. The van der Waals surface area contributed by atoms with Crippen molar-refractivity contribution in [3.05, 3.63) is 40.9 Å². The summed E-state index contributed by atoms with van der Waals surface area (Å²) in [5.74, 6) is 0. The van der Waals surface area contributed by atoms with Crippen LogP contribution in [0.5, 0.6) is 0 Å². The van der Waals surface area contributed by atoms with Crippen molar-refractivity contribution in [2.75, 3.05) is 18.0 Å². The van der Waals surface area contributed by atoms with Crippen molar-refractivity contribution in [3.63, 3.8) is 0 Å². The van der Waals surface area contributed by atoms with E-state index in [1.54, 1.807) is 11.3 Å². The summed E-state index contributed by atoms with van der Waals surface area (Å²) in [5.41, 5.74) is 1.43. The standard InChI is InChI=1S/C17H23N3S/c1-3-9-15(10-4-1)11-5-6-12-16-18-19-17(21-16)20-13-7-2-8-14-20/h1,3-4,9-10H,2,5-8,11-14H2. The van der Waals surface area contributed by atoms with E-state index >= 15 is 0 Å². The summed E-state index contributed by atoms with van der Waals surface area (Å²) in [6.07, 6.45) is 8.61. The maximum Gasteiger partial charge on any atom is 0.208 e. The van der Waals surface area contributed by atoms with Crippen LogP contribution in [0.3, 0.4) is 0 Å². The van der Waals surface area contributed by atoms with Crippen LogP contribution in [0.2, 0.25) is 0 Å². The summed E-state index contributed by atoms with van der Waals surface area (Å²) in [6, 6.07) is 10.7. The molecule has 112 valence electrons. The number of piperidine rings is 1. The first kappa shape index (κ1) is 14.5. The van der Waals surface area contributed by atoms with E-state index in [-0.39, 0.29) is 0 Å². The third kappa shape index (κ3) is 4.27. The lowest BCUT2D eigenvalue weighted by molar-refractivity contribution is 0.575. The van der Waals surface area contributed by atoms with Gasteiger partial charge >= 0.3 is 0 Å². The van der Waals surface area contributed by atoms with Crippen molar-refractivity contribution < 1.29 is 0 Å². The maximum atomic E-state index is 4.37. The highest BCUT2D eigenvalue weighted by Gasteiger charge is 2.15. The number of benzene rings is 1. The Balaban J connectivity index is 1.42. The molecule has 3 nitrogen and oxygen atoms in total. The quantitative estimate of drug-likeness (QED) is 0.752. The molecule has 0 atom stereocenters. The molecular formula is C17H23N3S. The summed E-state index contributed by atoms with van der Waals surface area (Å²) in [5, 5.41) is 11.1. The van der Waals surface area contributed by atoms with Crippen molar-refractivity contribution in [1.29, 1.82) is 0 Å². The lowest BCUT2D eigenvalue weighted by Crippen LogP contribution is -2.29. The largest absolute Gasteiger partial charge is 0.347 e. The Morgan fingerprint density at radius 3 is 2.48 bits per heavy atom. The van der Waals surface area contributed by atoms with Gasteiger partial charge in [0, 0.05) is 19.5 Å². The molecule has 0 unspecified atom stereocenters. The van der Waals surface area contributed by atoms with Gasteiger partial charge in [0.1, 0.15) is 5.01 Å². The zero-order chi connectivity index (χ0) is 14.3. The first-order valence-electron chi connectivity index (χ1n) is 8.03. The Hall–Kier alpha value is -1.42. The number of unbranched alkanes of at least 4 members (excludes halogenated alkanes) is 1. The number of anilines is 1. The highest BCUT2D eigenvalue weighted by molar-refractivity contribution is 7.15. The van der Waals surface area contributed by atoms with Gasteiger partial charge in [-0.3, -0.25) is 0 Å². The van der Waals surface area contributed by atoms with Gasteiger partial charge in [-0.05, 0) is 44.1 Å². The van der Waals surface area contributed by atoms with Gasteiger partial charge in [0.25, 0.3) is 0 Å². The van der Waals surface area contributed by atoms with E-state index in [0.29, 0.717) is 0 Å². The summed E-state index contributed by atoms with van der Waals surface area (Å²) in [4.78, 5) is 2.40. The molecule has 1 fully saturated rings. The van der Waals surface area contributed by atoms with Gasteiger partial charge in [-0.1, -0.05) is 41.7 Å². The van der Waals surface area contributed by atoms with Crippen LogP contribution < -0.4 is 4.90 Å². The second kappa shape index (κ2) is 7.55. The fraction of sp³-hybridized carbons (Fsp3) is 0.529. The summed E-state index contributed by atoms with van der Waals surface area (Å²) < 4.78 is 0. The van der Waals surface area contributed by atoms with E-state index in [4.69, 9.17) is 0 Å². The number of aromatic nitrogens is 2. The maximum absolute atomic E-state index is 4.37. The van der Waals surface area contributed by atoms with Gasteiger partial charge in [0.05, 0.1) is 0 Å². The van der Waals surface area contributed by atoms with Gasteiger partial charge in [-0.15, -0.1) is 10.2 Å². The summed E-state index contributed by atoms with van der Waals surface area (Å²) in [6.45, 7) is 2.31. The highest BCUT2D eigenvalue weighted by Crippen LogP contribution is 2.24. The lowest BCUT2D eigenvalue weighted by Gasteiger charge is -2.25. The molecule has 1 aliphatic heterocycles. The fourth-order valence-corrected chi connectivity index (χ4v) is 3.74. The van der Waals surface area contributed by atoms with Crippen LogP contribution in [-0.4, -0.2) is 23.3 Å². The van der Waals surface area contributed by atoms with Crippen LogP contribution >= 0.6 is 11.3 Å². The van der Waals surface area contributed by atoms with Crippen molar-refractivity contribution in [2.24, 2.45) is 0 Å². The first-order valence-corrected chi connectivity index (χ1v) is 8.85. The predicted octanol–water partition coefficient (Wildman–Crippen LogP) is 4.09. The third-order valence-electron chi connectivity index (χ3n) is 4.03. The molecule has 2 heterocycles. The Labute approximate surface area is 131 Å². The SMILES string of the molecule is c1ccc(CCCCc2nnc(N3CCCCC3)s2)cc1. The molecular weight excluding hydrogens is 278 g/mol. The average molecular weight is 301 g/mol. The van der Waals surface area contributed by atoms with E-state index < -0.39 is 0 Å². The average Bonchev–Trinajstić information content (AvgIpc) is 3.02. The molecule has 1 saturated heterocycles. The minimum atomic E-state index is 1.07. The predicted molar refractivity (Wildman–Crippen MR) is 89.1 cm³/mol. The second-order valence-electron chi connectivity index (χ2n) is 5.72. The topological polar surface area (TPSA) is 29.0 Å². The number of nitrogens with zero attached hydrogens (tertiary/aromatic N) is 3. The zero-order valence-corrected chi connectivity index (χ0v) is 13.3. The van der Waals surface area contributed by atoms with Crippen LogP contribution in [0.4, 0.5) is 5.13 Å². The molecule has 0 bridgehead atoms. The van der Waals surface area contributed by atoms with Crippen LogP contribution in [-0.2, 0) is 12.8 Å². The van der Waals surface area contributed by atoms with E-state index in [1.807, 2.05) is 0 Å². The Bertz CT molecular complexity index is 532. The second-order valence-corrected chi connectivity index (χ2v) is 6.76. The van der Waals surface area contributed by atoms with Gasteiger partial charge in [0.15, 0.2) is 0 Å². The van der Waals surface area contributed by atoms with Gasteiger partial charge < -0.3 is 4.90 Å². The van der Waals surface area contributed by atoms with E-state index in [1.165, 1.54) is 49.1 Å². The minimum absolute atomic E-state index is 1.07. The van der Waals surface area contributed by atoms with E-state index in [0.717, 1.165) is 24.6 Å². The lowest BCUT2D eigenvalue weighted by atomic mass is 10.1. The van der Waals surface area contributed by atoms with Crippen molar-refractivity contribution in [1.82, 2.24) is 10.2 Å². The first-order chi connectivity index (χ1) is 10.4. The third-order valence-corrected chi connectivity index (χ3v) is 5.08. The van der Waals surface area contributed by atoms with E-state index in [9.17, 15) is 0 Å². The van der Waals surface area contributed by atoms with Gasteiger partial charge in [-0.25, -0.2) is 0 Å². The molecule has 0 N–H and O–H groups in total. The monoisotopic (exact) mass is 301 g/mol. The molecule has 3 rings (SSSR count). The van der Waals surface area contributed by atoms with Crippen molar-refractivity contribution in [3.8, 4) is 0 Å². The van der Waals surface area contributed by atoms with E-state index in [2.05, 4.69) is 45.4 Å². The molecule has 1 aromatic carbocycles. The molecule has 2 aromatic rings. The molecule has 0 saturated carbocycles. The number of hydrogen-bond acceptors (Lipinski definition) is 4. The van der Waals surface area contributed by atoms with Crippen molar-refractivity contribution in [2.45, 2.75) is 44.9 Å². The van der Waals surface area contributed by atoms with Gasteiger partial charge in [0.2, 0.25) is 5.13 Å². The number of rotatable bonds is 6. The molecule has 0 spiro atoms. The molecule has 0 amide bonds. The summed E-state index contributed by atoms with van der Waals surface area (Å²) in [7, 11) is 0. The van der Waals surface area contributed by atoms with Crippen LogP contribution in [0, 0.1) is 0 Å². The Morgan fingerprint density at radius 2 is 1.67 bits per heavy atom. The van der Waals surface area contributed by atoms with Gasteiger partial charge in [-0.2, -0.15) is 0 Å². The zero-order valence-electron chi connectivity index (χ0n) is 12.5. The normalized spacial score (nSPS) is 15.3. The van der Waals surface area contributed by atoms with Crippen LogP contribution in [0.1, 0.15) is 42.7 Å². The van der Waals surface area contributed by atoms with Crippen LogP contribution in [0.25, 0.3) is 0 Å². The number of aryl methyl sites for hydroxylation is 2. The number of hydrogen-bond donors (Lipinski definition) is 0. The van der Waals surface area contributed by atoms with Crippen molar-refractivity contribution >= 4 is 16.5 Å². The smallest absolute Gasteiger partial charge is 0.208 e. The summed E-state index contributed by atoms with van der Waals surface area (Å²) >= 11 is 1.79. The van der Waals surface area contributed by atoms with Crippen LogP contribution in [0.15, 0.2) is 30.3 Å². The molecule has 21 heavy (non-hydrogen) atoms.